The van der Waals surface area contributed by atoms with Crippen molar-refractivity contribution >= 4 is 5.82 Å². The Hall–Kier alpha value is -1.23. The van der Waals surface area contributed by atoms with E-state index in [9.17, 15) is 8.78 Å². The highest BCUT2D eigenvalue weighted by Crippen LogP contribution is 2.05. The van der Waals surface area contributed by atoms with Crippen molar-refractivity contribution in [2.45, 2.75) is 13.0 Å². The summed E-state index contributed by atoms with van der Waals surface area (Å²) in [5, 5.41) is 2.85. The number of anilines is 1. The van der Waals surface area contributed by atoms with Crippen LogP contribution in [0.4, 0.5) is 14.6 Å². The molecule has 0 saturated carbocycles. The van der Waals surface area contributed by atoms with E-state index in [1.54, 1.807) is 25.2 Å². The van der Waals surface area contributed by atoms with Crippen molar-refractivity contribution in [3.05, 3.63) is 23.9 Å². The summed E-state index contributed by atoms with van der Waals surface area (Å²) in [5.41, 5.74) is 0.637. The summed E-state index contributed by atoms with van der Waals surface area (Å²) >= 11 is 0. The number of hydrogen-bond acceptors (Lipinski definition) is 3. The lowest BCUT2D eigenvalue weighted by Gasteiger charge is -2.04. The molecule has 5 heteroatoms. The number of ether oxygens (including phenoxy) is 1. The van der Waals surface area contributed by atoms with Crippen molar-refractivity contribution < 1.29 is 13.5 Å². The number of nitrogens with zero attached hydrogens (tertiary/aromatic N) is 1. The molecule has 1 heterocycles. The smallest absolute Gasteiger partial charge is 0.261 e. The molecule has 0 aliphatic rings. The van der Waals surface area contributed by atoms with Crippen molar-refractivity contribution in [3.63, 3.8) is 0 Å². The van der Waals surface area contributed by atoms with E-state index in [2.05, 4.69) is 10.3 Å². The van der Waals surface area contributed by atoms with Crippen LogP contribution in [-0.4, -0.2) is 25.1 Å². The zero-order valence-corrected chi connectivity index (χ0v) is 7.84. The van der Waals surface area contributed by atoms with Crippen molar-refractivity contribution in [3.8, 4) is 0 Å². The largest absolute Gasteiger partial charge is 0.373 e. The zero-order chi connectivity index (χ0) is 10.4. The van der Waals surface area contributed by atoms with Crippen LogP contribution in [0.5, 0.6) is 0 Å². The van der Waals surface area contributed by atoms with Gasteiger partial charge in [-0.05, 0) is 12.1 Å². The van der Waals surface area contributed by atoms with Crippen LogP contribution in [0.2, 0.25) is 0 Å². The molecule has 0 aromatic carbocycles. The molecule has 78 valence electrons. The van der Waals surface area contributed by atoms with Gasteiger partial charge in [0.05, 0.1) is 12.3 Å². The van der Waals surface area contributed by atoms with Crippen LogP contribution in [0, 0.1) is 0 Å². The first kappa shape index (κ1) is 10.8. The third-order valence-corrected chi connectivity index (χ3v) is 1.56. The summed E-state index contributed by atoms with van der Waals surface area (Å²) in [6.45, 7) is -0.439. The minimum Gasteiger partial charge on any atom is -0.373 e. The molecule has 0 spiro atoms. The topological polar surface area (TPSA) is 34.1 Å². The average molecular weight is 202 g/mol. The molecular formula is C9H12F2N2O. The maximum absolute atomic E-state index is 11.7. The minimum absolute atomic E-state index is 0.111. The van der Waals surface area contributed by atoms with Crippen molar-refractivity contribution in [1.29, 1.82) is 0 Å². The summed E-state index contributed by atoms with van der Waals surface area (Å²) in [4.78, 5) is 4.11. The molecule has 0 aliphatic carbocycles. The highest BCUT2D eigenvalue weighted by molar-refractivity contribution is 5.33. The predicted molar refractivity (Wildman–Crippen MR) is 49.4 cm³/mol. The molecule has 1 aromatic rings. The molecule has 0 radical (unpaired) electrons. The molecule has 0 aliphatic heterocycles. The summed E-state index contributed by atoms with van der Waals surface area (Å²) in [6, 6.07) is 5.31. The van der Waals surface area contributed by atoms with Crippen LogP contribution < -0.4 is 5.32 Å². The minimum atomic E-state index is -2.43. The van der Waals surface area contributed by atoms with Crippen LogP contribution in [0.3, 0.4) is 0 Å². The first-order valence-corrected chi connectivity index (χ1v) is 4.22. The number of halogens is 2. The molecule has 1 aromatic heterocycles. The van der Waals surface area contributed by atoms with E-state index in [0.717, 1.165) is 0 Å². The van der Waals surface area contributed by atoms with Crippen LogP contribution in [-0.2, 0) is 11.3 Å². The molecule has 0 unspecified atom stereocenters. The lowest BCUT2D eigenvalue weighted by Crippen LogP contribution is -2.05. The zero-order valence-electron chi connectivity index (χ0n) is 7.84. The molecule has 0 saturated heterocycles. The van der Waals surface area contributed by atoms with E-state index in [-0.39, 0.29) is 6.61 Å². The van der Waals surface area contributed by atoms with Gasteiger partial charge in [0.1, 0.15) is 12.4 Å². The normalized spacial score (nSPS) is 10.6. The Morgan fingerprint density at radius 2 is 2.29 bits per heavy atom. The van der Waals surface area contributed by atoms with Crippen molar-refractivity contribution in [2.75, 3.05) is 19.0 Å². The van der Waals surface area contributed by atoms with E-state index in [4.69, 9.17) is 4.74 Å². The van der Waals surface area contributed by atoms with Crippen molar-refractivity contribution in [1.82, 2.24) is 4.98 Å². The fraction of sp³-hybridized carbons (Fsp3) is 0.444. The highest BCUT2D eigenvalue weighted by atomic mass is 19.3. The van der Waals surface area contributed by atoms with Crippen LogP contribution in [0.25, 0.3) is 0 Å². The second-order valence-electron chi connectivity index (χ2n) is 2.67. The number of nitrogens with one attached hydrogen (secondary N) is 1. The number of rotatable bonds is 5. The van der Waals surface area contributed by atoms with Crippen LogP contribution >= 0.6 is 0 Å². The summed E-state index contributed by atoms with van der Waals surface area (Å²) in [5.74, 6) is 0.697. The van der Waals surface area contributed by atoms with Crippen LogP contribution in [0.15, 0.2) is 18.2 Å². The Bertz CT molecular complexity index is 281. The Kier molecular flexibility index (Phi) is 4.25. The Morgan fingerprint density at radius 1 is 1.50 bits per heavy atom. The second-order valence-corrected chi connectivity index (χ2v) is 2.67. The molecule has 0 atom stereocenters. The fourth-order valence-corrected chi connectivity index (χ4v) is 0.952. The van der Waals surface area contributed by atoms with E-state index in [0.29, 0.717) is 11.5 Å². The van der Waals surface area contributed by atoms with Gasteiger partial charge in [0.25, 0.3) is 6.43 Å². The molecule has 0 bridgehead atoms. The molecule has 1 rings (SSSR count). The lowest BCUT2D eigenvalue weighted by molar-refractivity contribution is 0.00887. The maximum atomic E-state index is 11.7. The summed E-state index contributed by atoms with van der Waals surface area (Å²) in [6.07, 6.45) is -2.43. The van der Waals surface area contributed by atoms with Gasteiger partial charge >= 0.3 is 0 Å². The quantitative estimate of drug-likeness (QED) is 0.791. The highest BCUT2D eigenvalue weighted by Gasteiger charge is 2.02. The molecule has 14 heavy (non-hydrogen) atoms. The summed E-state index contributed by atoms with van der Waals surface area (Å²) in [7, 11) is 1.74. The summed E-state index contributed by atoms with van der Waals surface area (Å²) < 4.78 is 28.2. The van der Waals surface area contributed by atoms with E-state index in [1.807, 2.05) is 0 Å². The molecular weight excluding hydrogens is 190 g/mol. The van der Waals surface area contributed by atoms with Gasteiger partial charge in [-0.15, -0.1) is 0 Å². The van der Waals surface area contributed by atoms with Gasteiger partial charge in [0.15, 0.2) is 0 Å². The molecule has 0 fully saturated rings. The number of alkyl halides is 2. The SMILES string of the molecule is CNc1cccc(COCC(F)F)n1. The van der Waals surface area contributed by atoms with Crippen molar-refractivity contribution in [2.24, 2.45) is 0 Å². The monoisotopic (exact) mass is 202 g/mol. The third-order valence-electron chi connectivity index (χ3n) is 1.56. The third kappa shape index (κ3) is 3.66. The van der Waals surface area contributed by atoms with Gasteiger partial charge < -0.3 is 10.1 Å². The van der Waals surface area contributed by atoms with Gasteiger partial charge in [-0.3, -0.25) is 0 Å². The van der Waals surface area contributed by atoms with Gasteiger partial charge in [-0.25, -0.2) is 13.8 Å². The number of aromatic nitrogens is 1. The molecule has 0 amide bonds. The maximum Gasteiger partial charge on any atom is 0.261 e. The first-order valence-electron chi connectivity index (χ1n) is 4.22. The van der Waals surface area contributed by atoms with Gasteiger partial charge in [0, 0.05) is 7.05 Å². The number of pyridine rings is 1. The number of hydrogen-bond donors (Lipinski definition) is 1. The van der Waals surface area contributed by atoms with E-state index in [1.165, 1.54) is 0 Å². The van der Waals surface area contributed by atoms with Gasteiger partial charge in [-0.1, -0.05) is 6.07 Å². The Morgan fingerprint density at radius 3 is 2.93 bits per heavy atom. The fourth-order valence-electron chi connectivity index (χ4n) is 0.952. The predicted octanol–water partition coefficient (Wildman–Crippen LogP) is 1.90. The lowest BCUT2D eigenvalue weighted by atomic mass is 10.3. The van der Waals surface area contributed by atoms with E-state index >= 15 is 0 Å². The molecule has 3 nitrogen and oxygen atoms in total. The average Bonchev–Trinajstić information content (AvgIpc) is 2.18. The van der Waals surface area contributed by atoms with Gasteiger partial charge in [0.2, 0.25) is 0 Å². The molecule has 1 N–H and O–H groups in total. The second kappa shape index (κ2) is 5.49. The standard InChI is InChI=1S/C9H12F2N2O/c1-12-9-4-2-3-7(13-9)5-14-6-8(10)11/h2-4,8H,5-6H2,1H3,(H,12,13). The van der Waals surface area contributed by atoms with Gasteiger partial charge in [-0.2, -0.15) is 0 Å². The first-order chi connectivity index (χ1) is 6.72. The van der Waals surface area contributed by atoms with Crippen LogP contribution in [0.1, 0.15) is 5.69 Å². The Labute approximate surface area is 81.1 Å². The Balaban J connectivity index is 2.42. The van der Waals surface area contributed by atoms with E-state index < -0.39 is 13.0 Å².